The first-order chi connectivity index (χ1) is 15.7. The molecule has 0 fully saturated rings. The van der Waals surface area contributed by atoms with Crippen LogP contribution in [-0.2, 0) is 17.4 Å². The Hall–Kier alpha value is -3.54. The van der Waals surface area contributed by atoms with Crippen LogP contribution >= 0.6 is 11.8 Å². The van der Waals surface area contributed by atoms with E-state index in [1.807, 2.05) is 18.2 Å². The van der Waals surface area contributed by atoms with Crippen LogP contribution in [0.15, 0.2) is 52.8 Å². The molecule has 0 saturated heterocycles. The number of carbonyl (C=O) groups excluding carboxylic acids is 1. The van der Waals surface area contributed by atoms with E-state index < -0.39 is 12.0 Å². The number of aromatic nitrogens is 6. The van der Waals surface area contributed by atoms with Crippen molar-refractivity contribution in [3.05, 3.63) is 65.5 Å². The summed E-state index contributed by atoms with van der Waals surface area (Å²) in [6, 6.07) is 8.98. The minimum absolute atomic E-state index is 0.112. The lowest BCUT2D eigenvalue weighted by Gasteiger charge is -2.11. The van der Waals surface area contributed by atoms with Gasteiger partial charge < -0.3 is 5.32 Å². The molecule has 0 aliphatic heterocycles. The zero-order valence-corrected chi connectivity index (χ0v) is 18.4. The summed E-state index contributed by atoms with van der Waals surface area (Å²) in [7, 11) is 0. The van der Waals surface area contributed by atoms with Crippen LogP contribution < -0.4 is 5.32 Å². The van der Waals surface area contributed by atoms with Crippen LogP contribution in [0.3, 0.4) is 0 Å². The second-order valence-corrected chi connectivity index (χ2v) is 8.15. The monoisotopic (exact) mass is 473 g/mol. The van der Waals surface area contributed by atoms with E-state index in [9.17, 15) is 18.0 Å². The Bertz CT molecular complexity index is 1310. The van der Waals surface area contributed by atoms with Crippen molar-refractivity contribution < 1.29 is 18.0 Å². The van der Waals surface area contributed by atoms with Crippen LogP contribution in [-0.4, -0.2) is 35.5 Å². The van der Waals surface area contributed by atoms with Gasteiger partial charge in [-0.25, -0.2) is 19.5 Å². The van der Waals surface area contributed by atoms with E-state index in [0.29, 0.717) is 27.7 Å². The van der Waals surface area contributed by atoms with Crippen molar-refractivity contribution in [2.75, 3.05) is 5.32 Å². The molecule has 0 aliphatic carbocycles. The number of halogens is 3. The van der Waals surface area contributed by atoms with E-state index in [2.05, 4.69) is 30.4 Å². The minimum atomic E-state index is -4.66. The molecule has 170 valence electrons. The molecule has 8 nitrogen and oxygen atoms in total. The maximum Gasteiger partial charge on any atom is 0.453 e. The molecule has 4 aromatic heterocycles. The maximum absolute atomic E-state index is 12.9. The first-order valence-electron chi connectivity index (χ1n) is 9.85. The summed E-state index contributed by atoms with van der Waals surface area (Å²) in [5, 5.41) is 7.81. The highest BCUT2D eigenvalue weighted by atomic mass is 32.2. The summed E-state index contributed by atoms with van der Waals surface area (Å²) in [6.07, 6.45) is -0.981. The molecule has 4 heterocycles. The van der Waals surface area contributed by atoms with Gasteiger partial charge in [-0.15, -0.1) is 5.10 Å². The third kappa shape index (κ3) is 5.28. The molecular weight excluding hydrogens is 455 g/mol. The van der Waals surface area contributed by atoms with E-state index in [1.165, 1.54) is 11.8 Å². The molecule has 12 heteroatoms. The standard InChI is InChI=1S/C21H18F3N7OS/c1-12-15(13(2)31-20(27-12)29-19(30-31)21(22,23)24)6-7-16(32)28-14-8-10-26-18(11-14)33-17-5-3-4-9-25-17/h3-5,8-11H,6-7H2,1-2H3,(H,26,28,32). The number of amides is 1. The van der Waals surface area contributed by atoms with Crippen molar-refractivity contribution in [3.8, 4) is 0 Å². The second kappa shape index (κ2) is 9.14. The van der Waals surface area contributed by atoms with Crippen molar-refractivity contribution in [2.24, 2.45) is 0 Å². The molecule has 0 unspecified atom stereocenters. The molecule has 0 aromatic carbocycles. The number of nitrogens with zero attached hydrogens (tertiary/aromatic N) is 6. The van der Waals surface area contributed by atoms with Gasteiger partial charge in [0.2, 0.25) is 5.91 Å². The second-order valence-electron chi connectivity index (χ2n) is 7.11. The Morgan fingerprint density at radius 2 is 1.88 bits per heavy atom. The first-order valence-corrected chi connectivity index (χ1v) is 10.7. The zero-order valence-electron chi connectivity index (χ0n) is 17.6. The van der Waals surface area contributed by atoms with Gasteiger partial charge in [-0.3, -0.25) is 4.79 Å². The van der Waals surface area contributed by atoms with Crippen molar-refractivity contribution in [2.45, 2.75) is 42.9 Å². The van der Waals surface area contributed by atoms with Gasteiger partial charge >= 0.3 is 6.18 Å². The number of nitrogens with one attached hydrogen (secondary N) is 1. The number of fused-ring (bicyclic) bond motifs is 1. The molecule has 0 radical (unpaired) electrons. The highest BCUT2D eigenvalue weighted by Crippen LogP contribution is 2.28. The lowest BCUT2D eigenvalue weighted by molar-refractivity contribution is -0.144. The van der Waals surface area contributed by atoms with Gasteiger partial charge in [-0.1, -0.05) is 17.8 Å². The van der Waals surface area contributed by atoms with Gasteiger partial charge in [0.25, 0.3) is 11.6 Å². The number of carbonyl (C=O) groups is 1. The Morgan fingerprint density at radius 3 is 2.61 bits per heavy atom. The predicted octanol–water partition coefficient (Wildman–Crippen LogP) is 4.27. The largest absolute Gasteiger partial charge is 0.453 e. The number of rotatable bonds is 6. The fraction of sp³-hybridized carbons (Fsp3) is 0.238. The fourth-order valence-corrected chi connectivity index (χ4v) is 3.98. The van der Waals surface area contributed by atoms with Crippen molar-refractivity contribution in [1.29, 1.82) is 0 Å². The molecule has 1 N–H and O–H groups in total. The van der Waals surface area contributed by atoms with Gasteiger partial charge in [0, 0.05) is 35.9 Å². The lowest BCUT2D eigenvalue weighted by Crippen LogP contribution is -2.14. The van der Waals surface area contributed by atoms with Crippen LogP contribution in [0, 0.1) is 13.8 Å². The topological polar surface area (TPSA) is 98.0 Å². The number of hydrogen-bond donors (Lipinski definition) is 1. The Morgan fingerprint density at radius 1 is 1.09 bits per heavy atom. The van der Waals surface area contributed by atoms with Gasteiger partial charge in [0.15, 0.2) is 0 Å². The third-order valence-electron chi connectivity index (χ3n) is 4.77. The summed E-state index contributed by atoms with van der Waals surface area (Å²) in [6.45, 7) is 3.31. The van der Waals surface area contributed by atoms with Crippen LogP contribution in [0.5, 0.6) is 0 Å². The normalized spacial score (nSPS) is 11.7. The minimum Gasteiger partial charge on any atom is -0.326 e. The molecule has 0 spiro atoms. The summed E-state index contributed by atoms with van der Waals surface area (Å²) >= 11 is 1.37. The van der Waals surface area contributed by atoms with Crippen LogP contribution in [0.25, 0.3) is 5.78 Å². The molecule has 4 rings (SSSR count). The summed E-state index contributed by atoms with van der Waals surface area (Å²) < 4.78 is 39.9. The SMILES string of the molecule is Cc1nc2nc(C(F)(F)F)nn2c(C)c1CCC(=O)Nc1ccnc(Sc2ccccn2)c1. The van der Waals surface area contributed by atoms with Gasteiger partial charge in [-0.2, -0.15) is 18.2 Å². The fourth-order valence-electron chi connectivity index (χ4n) is 3.21. The molecule has 0 bridgehead atoms. The van der Waals surface area contributed by atoms with E-state index in [1.54, 1.807) is 38.4 Å². The first kappa shape index (κ1) is 22.6. The smallest absolute Gasteiger partial charge is 0.326 e. The quantitative estimate of drug-likeness (QED) is 0.447. The molecule has 4 aromatic rings. The number of alkyl halides is 3. The average molecular weight is 473 g/mol. The molecular formula is C21H18F3N7OS. The van der Waals surface area contributed by atoms with Crippen molar-refractivity contribution in [1.82, 2.24) is 29.5 Å². The molecule has 0 saturated carbocycles. The highest BCUT2D eigenvalue weighted by Gasteiger charge is 2.37. The zero-order chi connectivity index (χ0) is 23.6. The highest BCUT2D eigenvalue weighted by molar-refractivity contribution is 7.99. The van der Waals surface area contributed by atoms with Crippen molar-refractivity contribution in [3.63, 3.8) is 0 Å². The Kier molecular flexibility index (Phi) is 6.27. The number of hydrogen-bond acceptors (Lipinski definition) is 7. The van der Waals surface area contributed by atoms with Gasteiger partial charge in [0.1, 0.15) is 10.1 Å². The van der Waals surface area contributed by atoms with E-state index in [4.69, 9.17) is 0 Å². The molecule has 33 heavy (non-hydrogen) atoms. The summed E-state index contributed by atoms with van der Waals surface area (Å²) in [5.74, 6) is -1.62. The van der Waals surface area contributed by atoms with Gasteiger partial charge in [0.05, 0.1) is 0 Å². The molecule has 1 amide bonds. The molecule has 0 atom stereocenters. The summed E-state index contributed by atoms with van der Waals surface area (Å²) in [5.41, 5.74) is 2.21. The number of anilines is 1. The maximum atomic E-state index is 12.9. The van der Waals surface area contributed by atoms with Crippen LogP contribution in [0.1, 0.15) is 29.2 Å². The van der Waals surface area contributed by atoms with Crippen LogP contribution in [0.2, 0.25) is 0 Å². The van der Waals surface area contributed by atoms with Crippen molar-refractivity contribution >= 4 is 29.1 Å². The van der Waals surface area contributed by atoms with E-state index >= 15 is 0 Å². The third-order valence-corrected chi connectivity index (χ3v) is 5.65. The Labute approximate surface area is 190 Å². The number of aryl methyl sites for hydroxylation is 2. The summed E-state index contributed by atoms with van der Waals surface area (Å²) in [4.78, 5) is 28.6. The molecule has 0 aliphatic rings. The van der Waals surface area contributed by atoms with Crippen LogP contribution in [0.4, 0.5) is 18.9 Å². The average Bonchev–Trinajstić information content (AvgIpc) is 3.19. The lowest BCUT2D eigenvalue weighted by atomic mass is 10.1. The Balaban J connectivity index is 1.44. The number of pyridine rings is 2. The van der Waals surface area contributed by atoms with Gasteiger partial charge in [-0.05, 0) is 50.1 Å². The van der Waals surface area contributed by atoms with E-state index in [-0.39, 0.29) is 24.5 Å². The van der Waals surface area contributed by atoms with E-state index in [0.717, 1.165) is 9.54 Å². The predicted molar refractivity (Wildman–Crippen MR) is 115 cm³/mol.